The smallest absolute Gasteiger partial charge is 0.268 e. The van der Waals surface area contributed by atoms with Gasteiger partial charge in [0.1, 0.15) is 0 Å². The van der Waals surface area contributed by atoms with Crippen molar-refractivity contribution >= 4 is 56.5 Å². The minimum absolute atomic E-state index is 0.245. The number of thioether (sulfide) groups is 1. The van der Waals surface area contributed by atoms with E-state index in [-0.39, 0.29) is 17.7 Å². The predicted molar refractivity (Wildman–Crippen MR) is 97.1 cm³/mol. The van der Waals surface area contributed by atoms with Gasteiger partial charge in [0.2, 0.25) is 0 Å². The Bertz CT molecular complexity index is 804. The largest absolute Gasteiger partial charge is 0.293 e. The lowest BCUT2D eigenvalue weighted by Crippen LogP contribution is -2.27. The molecule has 3 nitrogen and oxygen atoms in total. The molecule has 116 valence electrons. The Morgan fingerprint density at radius 1 is 1.09 bits per heavy atom. The lowest BCUT2D eigenvalue weighted by molar-refractivity contribution is -0.123. The van der Waals surface area contributed by atoms with E-state index in [0.29, 0.717) is 9.93 Å². The number of carbonyl (C=O) groups is 2. The summed E-state index contributed by atoms with van der Waals surface area (Å²) in [5, 5.41) is 0.361. The number of nitrogens with zero attached hydrogens (tertiary/aromatic N) is 1. The van der Waals surface area contributed by atoms with E-state index in [1.807, 2.05) is 36.4 Å². The maximum absolute atomic E-state index is 12.5. The van der Waals surface area contributed by atoms with Crippen molar-refractivity contribution in [3.63, 3.8) is 0 Å². The monoisotopic (exact) mass is 407 g/mol. The zero-order valence-corrected chi connectivity index (χ0v) is 15.0. The summed E-state index contributed by atoms with van der Waals surface area (Å²) in [6.45, 7) is 0.245. The van der Waals surface area contributed by atoms with Crippen molar-refractivity contribution in [2.45, 2.75) is 6.54 Å². The number of rotatable bonds is 3. The summed E-state index contributed by atoms with van der Waals surface area (Å²) in [5.41, 5.74) is 1.73. The van der Waals surface area contributed by atoms with E-state index in [1.165, 1.54) is 4.90 Å². The number of amides is 2. The summed E-state index contributed by atoms with van der Waals surface area (Å²) in [4.78, 5) is 26.3. The average Bonchev–Trinajstić information content (AvgIpc) is 2.79. The summed E-state index contributed by atoms with van der Waals surface area (Å²) in [7, 11) is 0. The number of hydrogen-bond acceptors (Lipinski definition) is 3. The Labute approximate surface area is 151 Å². The molecule has 6 heteroatoms. The molecule has 0 atom stereocenters. The highest BCUT2D eigenvalue weighted by molar-refractivity contribution is 9.10. The summed E-state index contributed by atoms with van der Waals surface area (Å²) < 4.78 is 0.879. The number of halogens is 2. The van der Waals surface area contributed by atoms with E-state index in [9.17, 15) is 9.59 Å². The maximum Gasteiger partial charge on any atom is 0.293 e. The minimum atomic E-state index is -0.272. The maximum atomic E-state index is 12.5. The molecule has 1 heterocycles. The van der Waals surface area contributed by atoms with Gasteiger partial charge < -0.3 is 0 Å². The molecule has 1 aliphatic heterocycles. The summed E-state index contributed by atoms with van der Waals surface area (Å²) >= 11 is 10.2. The SMILES string of the molecule is O=C1S/C(=C/c2ccccc2Br)C(=O)N1Cc1ccc(Cl)cc1. The predicted octanol–water partition coefficient (Wildman–Crippen LogP) is 5.34. The van der Waals surface area contributed by atoms with Crippen molar-refractivity contribution in [2.24, 2.45) is 0 Å². The van der Waals surface area contributed by atoms with Crippen LogP contribution in [0.1, 0.15) is 11.1 Å². The second-order valence-corrected chi connectivity index (χ2v) is 7.20. The van der Waals surface area contributed by atoms with Gasteiger partial charge in [-0.05, 0) is 47.2 Å². The molecule has 3 rings (SSSR count). The molecule has 1 fully saturated rings. The van der Waals surface area contributed by atoms with Crippen LogP contribution in [-0.4, -0.2) is 16.0 Å². The van der Waals surface area contributed by atoms with Gasteiger partial charge in [-0.2, -0.15) is 0 Å². The molecule has 23 heavy (non-hydrogen) atoms. The van der Waals surface area contributed by atoms with Gasteiger partial charge >= 0.3 is 0 Å². The van der Waals surface area contributed by atoms with Crippen LogP contribution in [0.3, 0.4) is 0 Å². The molecule has 2 amide bonds. The van der Waals surface area contributed by atoms with Crippen LogP contribution in [0.2, 0.25) is 5.02 Å². The Hall–Kier alpha value is -1.56. The molecular formula is C17H11BrClNO2S. The molecule has 0 radical (unpaired) electrons. The fraction of sp³-hybridized carbons (Fsp3) is 0.0588. The second kappa shape index (κ2) is 6.91. The Kier molecular flexibility index (Phi) is 4.90. The van der Waals surface area contributed by atoms with Gasteiger partial charge in [0.05, 0.1) is 11.4 Å². The first kappa shape index (κ1) is 16.3. The van der Waals surface area contributed by atoms with Crippen molar-refractivity contribution in [1.82, 2.24) is 4.90 Å². The first-order chi connectivity index (χ1) is 11.0. The quantitative estimate of drug-likeness (QED) is 0.643. The summed E-state index contributed by atoms with van der Waals surface area (Å²) in [6, 6.07) is 14.7. The van der Waals surface area contributed by atoms with Crippen molar-refractivity contribution in [3.05, 3.63) is 74.1 Å². The van der Waals surface area contributed by atoms with Crippen LogP contribution < -0.4 is 0 Å². The van der Waals surface area contributed by atoms with Crippen molar-refractivity contribution < 1.29 is 9.59 Å². The van der Waals surface area contributed by atoms with Crippen LogP contribution in [0.5, 0.6) is 0 Å². The van der Waals surface area contributed by atoms with Crippen LogP contribution in [0.25, 0.3) is 6.08 Å². The van der Waals surface area contributed by atoms with Crippen molar-refractivity contribution in [1.29, 1.82) is 0 Å². The average molecular weight is 409 g/mol. The summed E-state index contributed by atoms with van der Waals surface area (Å²) in [5.74, 6) is -0.272. The molecule has 0 spiro atoms. The Balaban J connectivity index is 1.82. The molecule has 2 aromatic carbocycles. The van der Waals surface area contributed by atoms with Gasteiger partial charge in [-0.1, -0.05) is 57.9 Å². The Morgan fingerprint density at radius 3 is 2.48 bits per heavy atom. The van der Waals surface area contributed by atoms with E-state index in [4.69, 9.17) is 11.6 Å². The molecule has 0 aliphatic carbocycles. The molecule has 0 bridgehead atoms. The van der Waals surface area contributed by atoms with Gasteiger partial charge in [0.15, 0.2) is 0 Å². The first-order valence-electron chi connectivity index (χ1n) is 6.79. The molecule has 1 saturated heterocycles. The molecular weight excluding hydrogens is 398 g/mol. The highest BCUT2D eigenvalue weighted by Gasteiger charge is 2.35. The van der Waals surface area contributed by atoms with Crippen LogP contribution >= 0.6 is 39.3 Å². The van der Waals surface area contributed by atoms with Crippen LogP contribution in [-0.2, 0) is 11.3 Å². The highest BCUT2D eigenvalue weighted by Crippen LogP contribution is 2.34. The lowest BCUT2D eigenvalue weighted by atomic mass is 10.2. The van der Waals surface area contributed by atoms with Gasteiger partial charge in [0, 0.05) is 9.50 Å². The zero-order valence-electron chi connectivity index (χ0n) is 11.8. The van der Waals surface area contributed by atoms with Gasteiger partial charge in [-0.25, -0.2) is 0 Å². The third kappa shape index (κ3) is 3.68. The molecule has 0 N–H and O–H groups in total. The number of imide groups is 1. The Morgan fingerprint density at radius 2 is 1.78 bits per heavy atom. The van der Waals surface area contributed by atoms with Crippen molar-refractivity contribution in [2.75, 3.05) is 0 Å². The van der Waals surface area contributed by atoms with E-state index >= 15 is 0 Å². The third-order valence-electron chi connectivity index (χ3n) is 3.32. The fourth-order valence-electron chi connectivity index (χ4n) is 2.14. The fourth-order valence-corrected chi connectivity index (χ4v) is 3.50. The molecule has 2 aromatic rings. The summed E-state index contributed by atoms with van der Waals surface area (Å²) in [6.07, 6.45) is 1.73. The standard InChI is InChI=1S/C17H11BrClNO2S/c18-14-4-2-1-3-12(14)9-15-16(21)20(17(22)23-15)10-11-5-7-13(19)8-6-11/h1-9H,10H2/b15-9+. The molecule has 0 aromatic heterocycles. The molecule has 0 saturated carbocycles. The van der Waals surface area contributed by atoms with Crippen molar-refractivity contribution in [3.8, 4) is 0 Å². The third-order valence-corrected chi connectivity index (χ3v) is 5.20. The number of carbonyl (C=O) groups excluding carboxylic acids is 2. The minimum Gasteiger partial charge on any atom is -0.268 e. The number of benzene rings is 2. The van der Waals surface area contributed by atoms with Crippen LogP contribution in [0.4, 0.5) is 4.79 Å². The molecule has 1 aliphatic rings. The van der Waals surface area contributed by atoms with E-state index in [1.54, 1.807) is 18.2 Å². The van der Waals surface area contributed by atoms with Gasteiger partial charge in [-0.15, -0.1) is 0 Å². The molecule has 0 unspecified atom stereocenters. The van der Waals surface area contributed by atoms with Gasteiger partial charge in [0.25, 0.3) is 11.1 Å². The normalized spacial score (nSPS) is 16.4. The second-order valence-electron chi connectivity index (χ2n) is 4.92. The van der Waals surface area contributed by atoms with Gasteiger partial charge in [-0.3, -0.25) is 14.5 Å². The zero-order chi connectivity index (χ0) is 16.4. The van der Waals surface area contributed by atoms with E-state index in [2.05, 4.69) is 15.9 Å². The van der Waals surface area contributed by atoms with E-state index in [0.717, 1.165) is 27.4 Å². The number of hydrogen-bond donors (Lipinski definition) is 0. The lowest BCUT2D eigenvalue weighted by Gasteiger charge is -2.12. The highest BCUT2D eigenvalue weighted by atomic mass is 79.9. The first-order valence-corrected chi connectivity index (χ1v) is 8.77. The van der Waals surface area contributed by atoms with E-state index < -0.39 is 0 Å². The topological polar surface area (TPSA) is 37.4 Å². The van der Waals surface area contributed by atoms with Crippen LogP contribution in [0.15, 0.2) is 57.9 Å². The van der Waals surface area contributed by atoms with Crippen LogP contribution in [0, 0.1) is 0 Å².